The van der Waals surface area contributed by atoms with Gasteiger partial charge in [-0.1, -0.05) is 0 Å². The van der Waals surface area contributed by atoms with E-state index in [4.69, 9.17) is 5.73 Å². The second-order valence-corrected chi connectivity index (χ2v) is 9.38. The van der Waals surface area contributed by atoms with Gasteiger partial charge in [-0.15, -0.1) is 0 Å². The van der Waals surface area contributed by atoms with Crippen molar-refractivity contribution in [1.29, 1.82) is 0 Å². The van der Waals surface area contributed by atoms with Gasteiger partial charge >= 0.3 is 0 Å². The van der Waals surface area contributed by atoms with E-state index in [2.05, 4.69) is 15.3 Å². The van der Waals surface area contributed by atoms with Gasteiger partial charge in [-0.25, -0.2) is 4.98 Å². The summed E-state index contributed by atoms with van der Waals surface area (Å²) in [7, 11) is 0. The zero-order valence-corrected chi connectivity index (χ0v) is 15.0. The van der Waals surface area contributed by atoms with Gasteiger partial charge in [0.25, 0.3) is 5.91 Å². The maximum absolute atomic E-state index is 11.9. The number of carbonyl (C=O) groups is 1. The minimum atomic E-state index is -0.388. The summed E-state index contributed by atoms with van der Waals surface area (Å²) in [6.45, 7) is 1.03. The van der Waals surface area contributed by atoms with E-state index < -0.39 is 0 Å². The highest BCUT2D eigenvalue weighted by Gasteiger charge is 2.50. The van der Waals surface area contributed by atoms with Crippen LogP contribution in [0.4, 0.5) is 0 Å². The van der Waals surface area contributed by atoms with Gasteiger partial charge < -0.3 is 16.0 Å². The number of aromatic amines is 1. The summed E-state index contributed by atoms with van der Waals surface area (Å²) in [5, 5.41) is 3.46. The van der Waals surface area contributed by atoms with Crippen LogP contribution < -0.4 is 11.1 Å². The molecular weight excluding hydrogens is 312 g/mol. The molecule has 0 spiro atoms. The second-order valence-electron chi connectivity index (χ2n) is 9.38. The summed E-state index contributed by atoms with van der Waals surface area (Å²) in [5.41, 5.74) is 7.61. The molecule has 5 heteroatoms. The number of rotatable bonds is 5. The van der Waals surface area contributed by atoms with Crippen molar-refractivity contribution in [3.8, 4) is 0 Å². The first-order valence-electron chi connectivity index (χ1n) is 10.2. The number of carbonyl (C=O) groups excluding carboxylic acids is 1. The number of nitrogens with one attached hydrogen (secondary N) is 2. The molecule has 2 heterocycles. The zero-order chi connectivity index (χ0) is 17.0. The lowest BCUT2D eigenvalue weighted by molar-refractivity contribution is -0.0570. The van der Waals surface area contributed by atoms with Crippen LogP contribution in [0.15, 0.2) is 0 Å². The second kappa shape index (κ2) is 5.83. The van der Waals surface area contributed by atoms with Crippen LogP contribution >= 0.6 is 0 Å². The van der Waals surface area contributed by atoms with Gasteiger partial charge in [0, 0.05) is 5.69 Å². The number of H-pyrrole nitrogens is 1. The Kier molecular flexibility index (Phi) is 3.70. The Morgan fingerprint density at radius 2 is 1.84 bits per heavy atom. The molecule has 5 nitrogen and oxygen atoms in total. The van der Waals surface area contributed by atoms with Crippen LogP contribution in [0.5, 0.6) is 0 Å². The van der Waals surface area contributed by atoms with Gasteiger partial charge in [0.1, 0.15) is 11.5 Å². The van der Waals surface area contributed by atoms with Gasteiger partial charge in [0.2, 0.25) is 0 Å². The number of hydrogen-bond acceptors (Lipinski definition) is 3. The molecule has 1 aromatic rings. The van der Waals surface area contributed by atoms with Crippen molar-refractivity contribution < 1.29 is 4.79 Å². The van der Waals surface area contributed by atoms with E-state index >= 15 is 0 Å². The summed E-state index contributed by atoms with van der Waals surface area (Å²) in [6, 6.07) is 0.256. The van der Waals surface area contributed by atoms with E-state index in [1.807, 2.05) is 0 Å². The lowest BCUT2D eigenvalue weighted by Gasteiger charge is -2.57. The fraction of sp³-hybridized carbons (Fsp3) is 0.800. The first-order chi connectivity index (χ1) is 12.1. The van der Waals surface area contributed by atoms with Crippen LogP contribution in [0.1, 0.15) is 85.8 Å². The number of nitrogens with two attached hydrogens (primary N) is 1. The molecule has 1 aliphatic heterocycles. The van der Waals surface area contributed by atoms with Crippen molar-refractivity contribution in [2.75, 3.05) is 6.54 Å². The van der Waals surface area contributed by atoms with Crippen molar-refractivity contribution in [1.82, 2.24) is 15.3 Å². The fourth-order valence-corrected chi connectivity index (χ4v) is 6.88. The Balaban J connectivity index is 1.34. The highest BCUT2D eigenvalue weighted by molar-refractivity contribution is 5.92. The lowest BCUT2D eigenvalue weighted by Crippen LogP contribution is -2.46. The highest BCUT2D eigenvalue weighted by Crippen LogP contribution is 2.61. The van der Waals surface area contributed by atoms with E-state index in [1.54, 1.807) is 0 Å². The molecule has 1 unspecified atom stereocenters. The molecule has 5 aliphatic rings. The van der Waals surface area contributed by atoms with Crippen molar-refractivity contribution in [2.45, 2.75) is 70.3 Å². The Morgan fingerprint density at radius 3 is 2.40 bits per heavy atom. The molecule has 4 N–H and O–H groups in total. The molecule has 25 heavy (non-hydrogen) atoms. The van der Waals surface area contributed by atoms with Crippen molar-refractivity contribution in [3.63, 3.8) is 0 Å². The maximum atomic E-state index is 11.9. The third-order valence-corrected chi connectivity index (χ3v) is 7.49. The third-order valence-electron chi connectivity index (χ3n) is 7.49. The number of aromatic nitrogens is 2. The van der Waals surface area contributed by atoms with E-state index in [9.17, 15) is 4.79 Å². The van der Waals surface area contributed by atoms with Gasteiger partial charge in [-0.05, 0) is 93.9 Å². The third kappa shape index (κ3) is 2.80. The Morgan fingerprint density at radius 1 is 1.16 bits per heavy atom. The maximum Gasteiger partial charge on any atom is 0.269 e. The molecule has 4 bridgehead atoms. The molecule has 0 aromatic carbocycles. The van der Waals surface area contributed by atoms with Gasteiger partial charge in [0.15, 0.2) is 0 Å². The topological polar surface area (TPSA) is 83.8 Å². The number of primary amides is 1. The smallest absolute Gasteiger partial charge is 0.269 e. The zero-order valence-electron chi connectivity index (χ0n) is 15.0. The number of nitrogens with zero attached hydrogens (tertiary/aromatic N) is 1. The average Bonchev–Trinajstić information content (AvgIpc) is 3.21. The SMILES string of the molecule is NC(=O)c1nc(C2CCCN2)[nH]c1CCC12CC3CC(CC(C3)C1)C2. The van der Waals surface area contributed by atoms with Crippen LogP contribution in [-0.4, -0.2) is 22.4 Å². The first kappa shape index (κ1) is 15.9. The number of imidazole rings is 1. The van der Waals surface area contributed by atoms with Crippen molar-refractivity contribution >= 4 is 5.91 Å². The van der Waals surface area contributed by atoms with Gasteiger partial charge in [-0.2, -0.15) is 0 Å². The van der Waals surface area contributed by atoms with E-state index in [1.165, 1.54) is 51.4 Å². The standard InChI is InChI=1S/C20H30N4O/c21-18(25)17-15(23-19(24-17)16-2-1-5-22-16)3-4-20-9-12-6-13(10-20)8-14(7-12)11-20/h12-14,16,22H,1-11H2,(H2,21,25)(H,23,24). The van der Waals surface area contributed by atoms with Gasteiger partial charge in [-0.3, -0.25) is 4.79 Å². The Bertz CT molecular complexity index is 638. The minimum Gasteiger partial charge on any atom is -0.364 e. The molecule has 0 radical (unpaired) electrons. The van der Waals surface area contributed by atoms with Gasteiger partial charge in [0.05, 0.1) is 6.04 Å². The van der Waals surface area contributed by atoms with E-state index in [0.29, 0.717) is 11.1 Å². The molecule has 1 amide bonds. The van der Waals surface area contributed by atoms with Crippen molar-refractivity contribution in [3.05, 3.63) is 17.2 Å². The molecule has 5 fully saturated rings. The summed E-state index contributed by atoms with van der Waals surface area (Å²) in [6.07, 6.45) is 13.0. The summed E-state index contributed by atoms with van der Waals surface area (Å²) < 4.78 is 0. The number of hydrogen-bond donors (Lipinski definition) is 3. The molecule has 1 aromatic heterocycles. The summed E-state index contributed by atoms with van der Waals surface area (Å²) in [5.74, 6) is 3.44. The Labute approximate surface area is 149 Å². The monoisotopic (exact) mass is 342 g/mol. The molecule has 6 rings (SSSR count). The van der Waals surface area contributed by atoms with E-state index in [0.717, 1.165) is 48.7 Å². The Hall–Kier alpha value is -1.36. The summed E-state index contributed by atoms with van der Waals surface area (Å²) >= 11 is 0. The predicted molar refractivity (Wildman–Crippen MR) is 96.0 cm³/mol. The van der Waals surface area contributed by atoms with Crippen LogP contribution in [-0.2, 0) is 6.42 Å². The highest BCUT2D eigenvalue weighted by atomic mass is 16.1. The molecule has 4 aliphatic carbocycles. The molecule has 136 valence electrons. The van der Waals surface area contributed by atoms with Crippen LogP contribution in [0.2, 0.25) is 0 Å². The normalized spacial score (nSPS) is 39.2. The number of amides is 1. The quantitative estimate of drug-likeness (QED) is 0.769. The predicted octanol–water partition coefficient (Wildman–Crippen LogP) is 3.08. The van der Waals surface area contributed by atoms with Crippen LogP contribution in [0.3, 0.4) is 0 Å². The van der Waals surface area contributed by atoms with Crippen LogP contribution in [0.25, 0.3) is 0 Å². The molecule has 1 atom stereocenters. The first-order valence-corrected chi connectivity index (χ1v) is 10.2. The van der Waals surface area contributed by atoms with Crippen LogP contribution in [0, 0.1) is 23.2 Å². The van der Waals surface area contributed by atoms with E-state index in [-0.39, 0.29) is 11.9 Å². The average molecular weight is 342 g/mol. The molecule has 1 saturated heterocycles. The molecule has 4 saturated carbocycles. The largest absolute Gasteiger partial charge is 0.364 e. The number of aryl methyl sites for hydroxylation is 1. The molecular formula is C20H30N4O. The fourth-order valence-electron chi connectivity index (χ4n) is 6.88. The minimum absolute atomic E-state index is 0.256. The summed E-state index contributed by atoms with van der Waals surface area (Å²) in [4.78, 5) is 19.9. The lowest BCUT2D eigenvalue weighted by atomic mass is 9.48. The van der Waals surface area contributed by atoms with Crippen molar-refractivity contribution in [2.24, 2.45) is 28.9 Å².